The number of halogens is 2. The molecule has 3 aromatic rings. The van der Waals surface area contributed by atoms with Gasteiger partial charge in [-0.05, 0) is 36.6 Å². The van der Waals surface area contributed by atoms with Gasteiger partial charge in [-0.2, -0.15) is 0 Å². The van der Waals surface area contributed by atoms with Gasteiger partial charge in [-0.25, -0.2) is 4.98 Å². The van der Waals surface area contributed by atoms with Crippen LogP contribution < -0.4 is 9.47 Å². The van der Waals surface area contributed by atoms with E-state index >= 15 is 0 Å². The lowest BCUT2D eigenvalue weighted by Crippen LogP contribution is -2.28. The minimum Gasteiger partial charge on any atom is -0.493 e. The second kappa shape index (κ2) is 15.6. The Morgan fingerprint density at radius 2 is 1.62 bits per heavy atom. The molecule has 1 heterocycles. The van der Waals surface area contributed by atoms with E-state index in [9.17, 15) is 14.4 Å². The van der Waals surface area contributed by atoms with E-state index in [1.165, 1.54) is 19.4 Å². The van der Waals surface area contributed by atoms with E-state index < -0.39 is 36.5 Å². The molecule has 0 aliphatic heterocycles. The summed E-state index contributed by atoms with van der Waals surface area (Å²) in [6, 6.07) is 16.7. The van der Waals surface area contributed by atoms with Crippen molar-refractivity contribution in [3.8, 4) is 11.5 Å². The zero-order valence-electron chi connectivity index (χ0n) is 24.3. The Hall–Kier alpha value is -3.62. The Bertz CT molecular complexity index is 1380. The van der Waals surface area contributed by atoms with E-state index in [4.69, 9.17) is 42.1 Å². The second-order valence-electron chi connectivity index (χ2n) is 10.2. The van der Waals surface area contributed by atoms with E-state index in [1.807, 2.05) is 43.3 Å². The standard InChI is InChI=1S/C32H35Cl2NO7/c1-19(2)31(37)41-18-40-30-28(39-5)13-14-35-29(30)27(36)15-20(3)32(38)42-21(4)24(23-9-7-6-8-10-23)16-22-11-12-25(33)26(34)17-22/h6-14,17,19-21,24H,15-16,18H2,1-5H3/t20-,21+,24+/m1/s1. The van der Waals surface area contributed by atoms with Gasteiger partial charge in [0.1, 0.15) is 6.10 Å². The zero-order valence-corrected chi connectivity index (χ0v) is 25.8. The number of hydrogen-bond acceptors (Lipinski definition) is 8. The molecule has 0 radical (unpaired) electrons. The third kappa shape index (κ3) is 8.94. The largest absolute Gasteiger partial charge is 0.493 e. The molecule has 0 spiro atoms. The summed E-state index contributed by atoms with van der Waals surface area (Å²) in [5.41, 5.74) is 1.90. The molecule has 10 heteroatoms. The first-order valence-electron chi connectivity index (χ1n) is 13.6. The zero-order chi connectivity index (χ0) is 30.8. The van der Waals surface area contributed by atoms with Crippen LogP contribution in [0.2, 0.25) is 10.0 Å². The number of nitrogens with zero attached hydrogens (tertiary/aromatic N) is 1. The van der Waals surface area contributed by atoms with Gasteiger partial charge >= 0.3 is 11.9 Å². The highest BCUT2D eigenvalue weighted by Gasteiger charge is 2.29. The Labute approximate surface area is 256 Å². The summed E-state index contributed by atoms with van der Waals surface area (Å²) in [6.45, 7) is 6.41. The van der Waals surface area contributed by atoms with Crippen molar-refractivity contribution in [2.45, 2.75) is 52.6 Å². The van der Waals surface area contributed by atoms with Crippen LogP contribution in [-0.2, 0) is 25.5 Å². The molecule has 3 atom stereocenters. The molecule has 0 fully saturated rings. The number of Topliss-reactive ketones (excluding diaryl/α,β-unsaturated/α-hetero) is 1. The summed E-state index contributed by atoms with van der Waals surface area (Å²) in [5.74, 6) is -2.46. The molecule has 42 heavy (non-hydrogen) atoms. The maximum absolute atomic E-state index is 13.3. The Morgan fingerprint density at radius 3 is 2.26 bits per heavy atom. The van der Waals surface area contributed by atoms with Gasteiger partial charge in [-0.1, -0.05) is 80.4 Å². The number of benzene rings is 2. The van der Waals surface area contributed by atoms with Gasteiger partial charge in [0.25, 0.3) is 0 Å². The van der Waals surface area contributed by atoms with E-state index in [1.54, 1.807) is 32.9 Å². The van der Waals surface area contributed by atoms with Crippen LogP contribution in [0.1, 0.15) is 61.6 Å². The number of methoxy groups -OCH3 is 1. The number of aromatic nitrogens is 1. The highest BCUT2D eigenvalue weighted by Crippen LogP contribution is 2.32. The normalized spacial score (nSPS) is 13.1. The summed E-state index contributed by atoms with van der Waals surface area (Å²) in [5, 5.41) is 0.913. The van der Waals surface area contributed by atoms with Crippen LogP contribution in [0.25, 0.3) is 0 Å². The van der Waals surface area contributed by atoms with E-state index in [0.29, 0.717) is 16.5 Å². The van der Waals surface area contributed by atoms with Crippen molar-refractivity contribution in [1.82, 2.24) is 4.98 Å². The molecule has 1 aromatic heterocycles. The fourth-order valence-corrected chi connectivity index (χ4v) is 4.58. The van der Waals surface area contributed by atoms with Crippen LogP contribution in [0.3, 0.4) is 0 Å². The van der Waals surface area contributed by atoms with Gasteiger partial charge < -0.3 is 18.9 Å². The van der Waals surface area contributed by atoms with Crippen LogP contribution in [0.15, 0.2) is 60.8 Å². The highest BCUT2D eigenvalue weighted by atomic mass is 35.5. The van der Waals surface area contributed by atoms with Crippen LogP contribution in [-0.4, -0.2) is 42.7 Å². The Balaban J connectivity index is 1.71. The molecule has 0 saturated carbocycles. The van der Waals surface area contributed by atoms with Crippen molar-refractivity contribution in [2.75, 3.05) is 13.9 Å². The van der Waals surface area contributed by atoms with Gasteiger partial charge in [-0.3, -0.25) is 14.4 Å². The van der Waals surface area contributed by atoms with Crippen molar-refractivity contribution in [2.24, 2.45) is 11.8 Å². The summed E-state index contributed by atoms with van der Waals surface area (Å²) < 4.78 is 21.9. The number of carbonyl (C=O) groups excluding carboxylic acids is 3. The third-order valence-electron chi connectivity index (χ3n) is 6.66. The molecule has 224 valence electrons. The maximum Gasteiger partial charge on any atom is 0.311 e. The number of pyridine rings is 1. The molecule has 0 aliphatic rings. The number of carbonyl (C=O) groups is 3. The lowest BCUT2D eigenvalue weighted by atomic mass is 9.88. The number of ketones is 1. The first-order chi connectivity index (χ1) is 20.0. The predicted molar refractivity (Wildman–Crippen MR) is 160 cm³/mol. The Kier molecular flexibility index (Phi) is 12.2. The molecule has 3 rings (SSSR count). The topological polar surface area (TPSA) is 101 Å². The van der Waals surface area contributed by atoms with Gasteiger partial charge in [0.15, 0.2) is 23.0 Å². The molecule has 0 N–H and O–H groups in total. The van der Waals surface area contributed by atoms with Gasteiger partial charge in [0, 0.05) is 24.6 Å². The van der Waals surface area contributed by atoms with Crippen LogP contribution in [0.5, 0.6) is 11.5 Å². The minimum absolute atomic E-state index is 0.0289. The molecule has 0 bridgehead atoms. The lowest BCUT2D eigenvalue weighted by Gasteiger charge is -2.26. The molecule has 0 saturated heterocycles. The molecule has 8 nitrogen and oxygen atoms in total. The fraction of sp³-hybridized carbons (Fsp3) is 0.375. The average Bonchev–Trinajstić information content (AvgIpc) is 2.97. The molecular weight excluding hydrogens is 581 g/mol. The van der Waals surface area contributed by atoms with Crippen molar-refractivity contribution in [3.63, 3.8) is 0 Å². The third-order valence-corrected chi connectivity index (χ3v) is 7.40. The van der Waals surface area contributed by atoms with E-state index in [-0.39, 0.29) is 35.4 Å². The van der Waals surface area contributed by atoms with E-state index in [0.717, 1.165) is 11.1 Å². The molecule has 0 amide bonds. The fourth-order valence-electron chi connectivity index (χ4n) is 4.26. The number of rotatable bonds is 14. The molecule has 0 aliphatic carbocycles. The molecule has 0 unspecified atom stereocenters. The molecule has 2 aromatic carbocycles. The van der Waals surface area contributed by atoms with Crippen LogP contribution >= 0.6 is 23.2 Å². The highest BCUT2D eigenvalue weighted by molar-refractivity contribution is 6.42. The minimum atomic E-state index is -0.777. The first kappa shape index (κ1) is 32.9. The summed E-state index contributed by atoms with van der Waals surface area (Å²) in [7, 11) is 1.42. The quantitative estimate of drug-likeness (QED) is 0.107. The van der Waals surface area contributed by atoms with Gasteiger partial charge in [0.05, 0.1) is 29.0 Å². The summed E-state index contributed by atoms with van der Waals surface area (Å²) >= 11 is 12.3. The van der Waals surface area contributed by atoms with E-state index in [2.05, 4.69) is 4.98 Å². The smallest absolute Gasteiger partial charge is 0.311 e. The van der Waals surface area contributed by atoms with Gasteiger partial charge in [0.2, 0.25) is 6.79 Å². The van der Waals surface area contributed by atoms with Crippen LogP contribution in [0.4, 0.5) is 0 Å². The summed E-state index contributed by atoms with van der Waals surface area (Å²) in [6.07, 6.45) is 1.25. The lowest BCUT2D eigenvalue weighted by molar-refractivity contribution is -0.154. The maximum atomic E-state index is 13.3. The predicted octanol–water partition coefficient (Wildman–Crippen LogP) is 7.10. The average molecular weight is 617 g/mol. The summed E-state index contributed by atoms with van der Waals surface area (Å²) in [4.78, 5) is 42.4. The SMILES string of the molecule is COc1ccnc(C(=O)C[C@@H](C)C(=O)O[C@@H](C)[C@H](Cc2ccc(Cl)c(Cl)c2)c2ccccc2)c1OCOC(=O)C(C)C. The monoisotopic (exact) mass is 615 g/mol. The number of hydrogen-bond donors (Lipinski definition) is 0. The van der Waals surface area contributed by atoms with Crippen molar-refractivity contribution < 1.29 is 33.3 Å². The Morgan fingerprint density at radius 1 is 0.905 bits per heavy atom. The van der Waals surface area contributed by atoms with Crippen LogP contribution in [0, 0.1) is 11.8 Å². The number of esters is 2. The second-order valence-corrected chi connectivity index (χ2v) is 11.0. The molecular formula is C32H35Cl2NO7. The first-order valence-corrected chi connectivity index (χ1v) is 14.3. The van der Waals surface area contributed by atoms with Gasteiger partial charge in [-0.15, -0.1) is 0 Å². The number of ether oxygens (including phenoxy) is 4. The van der Waals surface area contributed by atoms with Crippen molar-refractivity contribution in [1.29, 1.82) is 0 Å². The van der Waals surface area contributed by atoms with Crippen molar-refractivity contribution in [3.05, 3.63) is 87.7 Å². The van der Waals surface area contributed by atoms with Crippen molar-refractivity contribution >= 4 is 40.9 Å².